The van der Waals surface area contributed by atoms with E-state index in [-0.39, 0.29) is 10.7 Å². The zero-order valence-electron chi connectivity index (χ0n) is 16.8. The summed E-state index contributed by atoms with van der Waals surface area (Å²) in [5.74, 6) is -0.315. The van der Waals surface area contributed by atoms with Gasteiger partial charge in [-0.05, 0) is 68.0 Å². The molecule has 1 aromatic carbocycles. The highest BCUT2D eigenvalue weighted by Crippen LogP contribution is 2.25. The summed E-state index contributed by atoms with van der Waals surface area (Å²) in [5, 5.41) is 2.65. The highest BCUT2D eigenvalue weighted by atomic mass is 32.1. The van der Waals surface area contributed by atoms with Crippen molar-refractivity contribution in [2.75, 3.05) is 25.7 Å². The van der Waals surface area contributed by atoms with Gasteiger partial charge in [-0.25, -0.2) is 0 Å². The highest BCUT2D eigenvalue weighted by molar-refractivity contribution is 7.80. The van der Waals surface area contributed by atoms with Crippen LogP contribution in [-0.4, -0.2) is 42.3 Å². The maximum absolute atomic E-state index is 13.1. The van der Waals surface area contributed by atoms with Crippen LogP contribution >= 0.6 is 12.2 Å². The second-order valence-corrected chi connectivity index (χ2v) is 7.01. The second kappa shape index (κ2) is 8.59. The molecule has 1 aromatic heterocycles. The minimum atomic E-state index is -0.508. The molecule has 1 saturated heterocycles. The van der Waals surface area contributed by atoms with Crippen LogP contribution in [0.2, 0.25) is 0 Å². The molecule has 0 bridgehead atoms. The molecular formula is C21H23N3O4S. The lowest BCUT2D eigenvalue weighted by Crippen LogP contribution is -2.54. The average Bonchev–Trinajstić information content (AvgIpc) is 2.96. The van der Waals surface area contributed by atoms with E-state index in [4.69, 9.17) is 21.7 Å². The van der Waals surface area contributed by atoms with Crippen molar-refractivity contribution >= 4 is 40.9 Å². The minimum absolute atomic E-state index is 0.0291. The van der Waals surface area contributed by atoms with E-state index < -0.39 is 11.8 Å². The first-order valence-corrected chi connectivity index (χ1v) is 9.49. The molecule has 1 aliphatic heterocycles. The zero-order chi connectivity index (χ0) is 21.1. The first-order chi connectivity index (χ1) is 13.9. The normalized spacial score (nSPS) is 15.8. The van der Waals surface area contributed by atoms with Gasteiger partial charge in [0, 0.05) is 25.0 Å². The van der Waals surface area contributed by atoms with Crippen LogP contribution in [0.5, 0.6) is 5.75 Å². The summed E-state index contributed by atoms with van der Waals surface area (Å²) in [6.45, 7) is 5.20. The van der Waals surface area contributed by atoms with Crippen LogP contribution in [-0.2, 0) is 20.9 Å². The molecule has 1 fully saturated rings. The Kier molecular flexibility index (Phi) is 6.14. The van der Waals surface area contributed by atoms with Crippen molar-refractivity contribution in [3.8, 4) is 5.75 Å². The smallest absolute Gasteiger partial charge is 0.270 e. The summed E-state index contributed by atoms with van der Waals surface area (Å²) in [6, 6.07) is 8.84. The van der Waals surface area contributed by atoms with Crippen LogP contribution in [0.15, 0.2) is 35.9 Å². The number of anilines is 1. The Labute approximate surface area is 174 Å². The van der Waals surface area contributed by atoms with E-state index in [0.29, 0.717) is 24.6 Å². The largest absolute Gasteiger partial charge is 0.497 e. The first kappa shape index (κ1) is 20.8. The van der Waals surface area contributed by atoms with Crippen molar-refractivity contribution in [1.82, 2.24) is 9.88 Å². The summed E-state index contributed by atoms with van der Waals surface area (Å²) in [4.78, 5) is 27.0. The van der Waals surface area contributed by atoms with Gasteiger partial charge in [-0.15, -0.1) is 0 Å². The highest BCUT2D eigenvalue weighted by Gasteiger charge is 2.34. The Bertz CT molecular complexity index is 992. The van der Waals surface area contributed by atoms with E-state index in [0.717, 1.165) is 17.0 Å². The van der Waals surface area contributed by atoms with Crippen LogP contribution < -0.4 is 15.0 Å². The number of nitrogens with zero attached hydrogens (tertiary/aromatic N) is 2. The number of ether oxygens (including phenoxy) is 2. The Balaban J connectivity index is 1.97. The van der Waals surface area contributed by atoms with Crippen molar-refractivity contribution < 1.29 is 19.1 Å². The summed E-state index contributed by atoms with van der Waals surface area (Å²) >= 11 is 5.24. The number of benzene rings is 1. The summed E-state index contributed by atoms with van der Waals surface area (Å²) in [6.07, 6.45) is 1.61. The number of methoxy groups -OCH3 is 2. The maximum atomic E-state index is 13.1. The third kappa shape index (κ3) is 4.08. The van der Waals surface area contributed by atoms with Crippen LogP contribution in [0, 0.1) is 13.8 Å². The number of amides is 2. The molecule has 0 saturated carbocycles. The molecule has 152 valence electrons. The number of aryl methyl sites for hydroxylation is 1. The van der Waals surface area contributed by atoms with Crippen molar-refractivity contribution in [1.29, 1.82) is 0 Å². The van der Waals surface area contributed by atoms with Gasteiger partial charge in [-0.3, -0.25) is 19.8 Å². The van der Waals surface area contributed by atoms with Gasteiger partial charge in [0.05, 0.1) is 19.4 Å². The lowest BCUT2D eigenvalue weighted by molar-refractivity contribution is -0.122. The molecular weight excluding hydrogens is 390 g/mol. The summed E-state index contributed by atoms with van der Waals surface area (Å²) in [5.41, 5.74) is 3.37. The number of thiocarbonyl (C=S) groups is 1. The van der Waals surface area contributed by atoms with Crippen LogP contribution in [0.25, 0.3) is 6.08 Å². The van der Waals surface area contributed by atoms with Gasteiger partial charge in [-0.1, -0.05) is 0 Å². The lowest BCUT2D eigenvalue weighted by atomic mass is 10.1. The molecule has 2 aromatic rings. The van der Waals surface area contributed by atoms with Gasteiger partial charge in [0.25, 0.3) is 11.8 Å². The van der Waals surface area contributed by atoms with Gasteiger partial charge in [0.1, 0.15) is 11.3 Å². The molecule has 29 heavy (non-hydrogen) atoms. The second-order valence-electron chi connectivity index (χ2n) is 6.63. The van der Waals surface area contributed by atoms with Crippen LogP contribution in [0.3, 0.4) is 0 Å². The Morgan fingerprint density at radius 3 is 2.45 bits per heavy atom. The summed E-state index contributed by atoms with van der Waals surface area (Å²) in [7, 11) is 3.22. The zero-order valence-corrected chi connectivity index (χ0v) is 17.6. The molecule has 2 heterocycles. The van der Waals surface area contributed by atoms with Crippen molar-refractivity contribution in [2.45, 2.75) is 20.4 Å². The topological polar surface area (TPSA) is 72.8 Å². The molecule has 0 aliphatic carbocycles. The molecule has 0 atom stereocenters. The molecule has 3 rings (SSSR count). The monoisotopic (exact) mass is 413 g/mol. The molecule has 2 amide bonds. The maximum Gasteiger partial charge on any atom is 0.270 e. The lowest BCUT2D eigenvalue weighted by Gasteiger charge is -2.29. The predicted octanol–water partition coefficient (Wildman–Crippen LogP) is 2.59. The van der Waals surface area contributed by atoms with E-state index in [1.54, 1.807) is 44.6 Å². The van der Waals surface area contributed by atoms with E-state index in [2.05, 4.69) is 9.88 Å². The van der Waals surface area contributed by atoms with E-state index in [9.17, 15) is 9.59 Å². The Hall–Kier alpha value is -2.97. The molecule has 1 N–H and O–H groups in total. The van der Waals surface area contributed by atoms with E-state index in [1.807, 2.05) is 19.9 Å². The minimum Gasteiger partial charge on any atom is -0.497 e. The summed E-state index contributed by atoms with van der Waals surface area (Å²) < 4.78 is 12.4. The number of carbonyl (C=O) groups excluding carboxylic acids is 2. The number of hydrogen-bond acceptors (Lipinski definition) is 5. The fourth-order valence-electron chi connectivity index (χ4n) is 3.28. The Morgan fingerprint density at radius 2 is 1.83 bits per heavy atom. The van der Waals surface area contributed by atoms with E-state index >= 15 is 0 Å². The van der Waals surface area contributed by atoms with Crippen molar-refractivity contribution in [3.05, 3.63) is 52.9 Å². The fourth-order valence-corrected chi connectivity index (χ4v) is 3.56. The van der Waals surface area contributed by atoms with Gasteiger partial charge in [0.2, 0.25) is 0 Å². The van der Waals surface area contributed by atoms with Crippen molar-refractivity contribution in [2.24, 2.45) is 0 Å². The number of aromatic nitrogens is 1. The van der Waals surface area contributed by atoms with Crippen LogP contribution in [0.4, 0.5) is 5.69 Å². The standard InChI is InChI=1S/C21H23N3O4S/c1-13-11-15(14(2)23(13)9-10-27-3)12-18-19(25)22-21(29)24(20(18)26)16-5-7-17(28-4)8-6-16/h5-8,11-12H,9-10H2,1-4H3,(H,22,25,29)/b18-12+. The molecule has 0 radical (unpaired) electrons. The number of carbonyl (C=O) groups is 2. The molecule has 1 aliphatic rings. The van der Waals surface area contributed by atoms with Crippen molar-refractivity contribution in [3.63, 3.8) is 0 Å². The number of nitrogens with one attached hydrogen (secondary N) is 1. The fraction of sp³-hybridized carbons (Fsp3) is 0.286. The third-order valence-corrected chi connectivity index (χ3v) is 5.15. The van der Waals surface area contributed by atoms with Gasteiger partial charge in [-0.2, -0.15) is 0 Å². The molecule has 8 heteroatoms. The van der Waals surface area contributed by atoms with Gasteiger partial charge >= 0.3 is 0 Å². The van der Waals surface area contributed by atoms with Gasteiger partial charge in [0.15, 0.2) is 5.11 Å². The first-order valence-electron chi connectivity index (χ1n) is 9.08. The third-order valence-electron chi connectivity index (χ3n) is 4.86. The SMILES string of the molecule is COCCn1c(C)cc(/C=C2\C(=O)NC(=S)N(c3ccc(OC)cc3)C2=O)c1C. The van der Waals surface area contributed by atoms with E-state index in [1.165, 1.54) is 4.90 Å². The molecule has 0 unspecified atom stereocenters. The number of rotatable bonds is 6. The quantitative estimate of drug-likeness (QED) is 0.448. The Morgan fingerprint density at radius 1 is 1.14 bits per heavy atom. The average molecular weight is 413 g/mol. The number of hydrogen-bond donors (Lipinski definition) is 1. The predicted molar refractivity (Wildman–Crippen MR) is 115 cm³/mol. The van der Waals surface area contributed by atoms with Gasteiger partial charge < -0.3 is 14.0 Å². The van der Waals surface area contributed by atoms with Crippen LogP contribution in [0.1, 0.15) is 17.0 Å². The molecule has 0 spiro atoms. The molecule has 7 nitrogen and oxygen atoms in total.